The molecule has 180 valence electrons. The zero-order chi connectivity index (χ0) is 23.9. The lowest BCUT2D eigenvalue weighted by molar-refractivity contribution is -0.488. The zero-order valence-electron chi connectivity index (χ0n) is 19.4. The lowest BCUT2D eigenvalue weighted by Crippen LogP contribution is -2.73. The predicted molar refractivity (Wildman–Crippen MR) is 117 cm³/mol. The molecule has 5 nitrogen and oxygen atoms in total. The quantitative estimate of drug-likeness (QED) is 0.633. The number of rotatable bonds is 7. The van der Waals surface area contributed by atoms with Gasteiger partial charge in [-0.05, 0) is 29.8 Å². The summed E-state index contributed by atoms with van der Waals surface area (Å²) in [5.41, 5.74) is -0.443. The SMILES string of the molecule is CC12COC([C@H](N[C@@H](Cc3ccccn3)c3ccc(F)cc3)C(F)(F)C(C)(C)C)(OC1)OC2. The Kier molecular flexibility index (Phi) is 6.33. The Hall–Kier alpha value is -2.00. The van der Waals surface area contributed by atoms with E-state index in [1.165, 1.54) is 32.9 Å². The van der Waals surface area contributed by atoms with Gasteiger partial charge in [-0.2, -0.15) is 0 Å². The monoisotopic (exact) mass is 464 g/mol. The first kappa shape index (κ1) is 24.1. The number of pyridine rings is 1. The Balaban J connectivity index is 1.73. The number of hydrogen-bond acceptors (Lipinski definition) is 5. The molecule has 1 aromatic heterocycles. The Labute approximate surface area is 192 Å². The van der Waals surface area contributed by atoms with Crippen LogP contribution in [-0.2, 0) is 20.6 Å². The molecule has 33 heavy (non-hydrogen) atoms. The molecule has 3 saturated heterocycles. The van der Waals surface area contributed by atoms with Gasteiger partial charge in [-0.3, -0.25) is 10.3 Å². The summed E-state index contributed by atoms with van der Waals surface area (Å²) < 4.78 is 63.2. The molecular formula is C25H31F3N2O3. The van der Waals surface area contributed by atoms with Crippen molar-refractivity contribution in [2.75, 3.05) is 19.8 Å². The number of alkyl halides is 2. The third-order valence-electron chi connectivity index (χ3n) is 6.36. The summed E-state index contributed by atoms with van der Waals surface area (Å²) in [6, 6.07) is 8.99. The minimum absolute atomic E-state index is 0.257. The molecule has 8 heteroatoms. The van der Waals surface area contributed by atoms with Crippen LogP contribution in [0.5, 0.6) is 0 Å². The van der Waals surface area contributed by atoms with Crippen molar-refractivity contribution in [3.63, 3.8) is 0 Å². The van der Waals surface area contributed by atoms with E-state index in [0.29, 0.717) is 17.7 Å². The second kappa shape index (κ2) is 8.65. The van der Waals surface area contributed by atoms with Crippen LogP contribution in [0.3, 0.4) is 0 Å². The van der Waals surface area contributed by atoms with Crippen LogP contribution in [0.4, 0.5) is 13.2 Å². The largest absolute Gasteiger partial charge is 0.325 e. The molecule has 0 radical (unpaired) electrons. The topological polar surface area (TPSA) is 52.6 Å². The molecule has 1 aromatic carbocycles. The molecule has 5 rings (SSSR count). The van der Waals surface area contributed by atoms with Gasteiger partial charge < -0.3 is 14.2 Å². The normalized spacial score (nSPS) is 27.4. The second-order valence-electron chi connectivity index (χ2n) is 10.4. The van der Waals surface area contributed by atoms with Crippen molar-refractivity contribution < 1.29 is 27.4 Å². The third kappa shape index (κ3) is 4.80. The van der Waals surface area contributed by atoms with Gasteiger partial charge in [-0.1, -0.05) is 45.9 Å². The van der Waals surface area contributed by atoms with Crippen molar-refractivity contribution in [2.24, 2.45) is 10.8 Å². The van der Waals surface area contributed by atoms with E-state index < -0.39 is 35.2 Å². The maximum absolute atomic E-state index is 16.0. The fourth-order valence-corrected chi connectivity index (χ4v) is 4.08. The smallest absolute Gasteiger partial charge is 0.305 e. The Morgan fingerprint density at radius 3 is 2.12 bits per heavy atom. The molecule has 0 unspecified atom stereocenters. The molecule has 0 spiro atoms. The second-order valence-corrected chi connectivity index (χ2v) is 10.4. The molecule has 3 aliphatic rings. The maximum atomic E-state index is 16.0. The molecular weight excluding hydrogens is 433 g/mol. The first-order valence-electron chi connectivity index (χ1n) is 11.2. The third-order valence-corrected chi connectivity index (χ3v) is 6.36. The number of fused-ring (bicyclic) bond motifs is 3. The number of halogens is 3. The molecule has 0 saturated carbocycles. The lowest BCUT2D eigenvalue weighted by atomic mass is 9.80. The number of ether oxygens (including phenoxy) is 3. The number of nitrogens with zero attached hydrogens (tertiary/aromatic N) is 1. The van der Waals surface area contributed by atoms with E-state index in [-0.39, 0.29) is 25.2 Å². The molecule has 2 bridgehead atoms. The molecule has 1 N–H and O–H groups in total. The van der Waals surface area contributed by atoms with Crippen LogP contribution in [0.25, 0.3) is 0 Å². The molecule has 3 fully saturated rings. The first-order chi connectivity index (χ1) is 15.4. The average Bonchev–Trinajstić information content (AvgIpc) is 2.78. The van der Waals surface area contributed by atoms with E-state index in [0.717, 1.165) is 0 Å². The van der Waals surface area contributed by atoms with Gasteiger partial charge in [-0.25, -0.2) is 13.2 Å². The van der Waals surface area contributed by atoms with Gasteiger partial charge in [0.2, 0.25) is 0 Å². The van der Waals surface area contributed by atoms with E-state index in [4.69, 9.17) is 14.2 Å². The summed E-state index contributed by atoms with van der Waals surface area (Å²) in [5, 5.41) is 3.10. The minimum Gasteiger partial charge on any atom is -0.325 e. The fraction of sp³-hybridized carbons (Fsp3) is 0.560. The van der Waals surface area contributed by atoms with Crippen LogP contribution in [0, 0.1) is 16.6 Å². The number of nitrogens with one attached hydrogen (secondary N) is 1. The number of aromatic nitrogens is 1. The predicted octanol–water partition coefficient (Wildman–Crippen LogP) is 4.88. The van der Waals surface area contributed by atoms with Crippen LogP contribution in [-0.4, -0.2) is 42.7 Å². The Morgan fingerprint density at radius 2 is 1.61 bits per heavy atom. The number of hydrogen-bond donors (Lipinski definition) is 1. The molecule has 3 aliphatic heterocycles. The molecule has 0 amide bonds. The highest BCUT2D eigenvalue weighted by atomic mass is 19.3. The van der Waals surface area contributed by atoms with E-state index in [2.05, 4.69) is 10.3 Å². The average molecular weight is 465 g/mol. The molecule has 4 heterocycles. The number of benzene rings is 1. The summed E-state index contributed by atoms with van der Waals surface area (Å²) >= 11 is 0. The van der Waals surface area contributed by atoms with Gasteiger partial charge >= 0.3 is 5.97 Å². The Bertz CT molecular complexity index is 923. The van der Waals surface area contributed by atoms with Crippen molar-refractivity contribution in [2.45, 2.75) is 58.1 Å². The highest BCUT2D eigenvalue weighted by molar-refractivity contribution is 5.23. The van der Waals surface area contributed by atoms with Crippen LogP contribution in [0.15, 0.2) is 48.7 Å². The minimum atomic E-state index is -3.29. The van der Waals surface area contributed by atoms with Gasteiger partial charge in [0, 0.05) is 35.2 Å². The van der Waals surface area contributed by atoms with Crippen LogP contribution < -0.4 is 5.32 Å². The van der Waals surface area contributed by atoms with Crippen LogP contribution in [0.2, 0.25) is 0 Å². The summed E-state index contributed by atoms with van der Waals surface area (Å²) in [7, 11) is 0. The van der Waals surface area contributed by atoms with E-state index >= 15 is 8.78 Å². The van der Waals surface area contributed by atoms with Crippen LogP contribution >= 0.6 is 0 Å². The van der Waals surface area contributed by atoms with Gasteiger partial charge in [0.15, 0.2) is 6.04 Å². The van der Waals surface area contributed by atoms with E-state index in [1.807, 2.05) is 19.1 Å². The summed E-state index contributed by atoms with van der Waals surface area (Å²) in [5.74, 6) is -5.63. The first-order valence-corrected chi connectivity index (χ1v) is 11.2. The fourth-order valence-electron chi connectivity index (χ4n) is 4.08. The van der Waals surface area contributed by atoms with Crippen molar-refractivity contribution in [3.8, 4) is 0 Å². The Morgan fingerprint density at radius 1 is 1.00 bits per heavy atom. The van der Waals surface area contributed by atoms with Gasteiger partial charge in [-0.15, -0.1) is 0 Å². The highest BCUT2D eigenvalue weighted by Gasteiger charge is 2.65. The van der Waals surface area contributed by atoms with Gasteiger partial charge in [0.1, 0.15) is 5.82 Å². The molecule has 2 aromatic rings. The molecule has 0 aliphatic carbocycles. The van der Waals surface area contributed by atoms with Crippen molar-refractivity contribution in [3.05, 3.63) is 65.7 Å². The maximum Gasteiger partial charge on any atom is 0.305 e. The van der Waals surface area contributed by atoms with Crippen molar-refractivity contribution in [1.29, 1.82) is 0 Å². The van der Waals surface area contributed by atoms with Gasteiger partial charge in [0.05, 0.1) is 19.8 Å². The van der Waals surface area contributed by atoms with E-state index in [1.54, 1.807) is 24.4 Å². The van der Waals surface area contributed by atoms with Crippen molar-refractivity contribution in [1.82, 2.24) is 10.3 Å². The zero-order valence-corrected chi connectivity index (χ0v) is 19.4. The summed E-state index contributed by atoms with van der Waals surface area (Å²) in [6.07, 6.45) is 1.95. The lowest BCUT2D eigenvalue weighted by Gasteiger charge is -2.55. The summed E-state index contributed by atoms with van der Waals surface area (Å²) in [6.45, 7) is 7.12. The molecule has 2 atom stereocenters. The standard InChI is InChI=1S/C25H31F3N2O3/c1-22(2,3)24(27,28)21(25-31-14-23(4,15-32-25)16-33-25)30-20(13-19-7-5-6-12-29-19)17-8-10-18(26)11-9-17/h5-12,20-21,30H,13-16H2,1-4H3/t20-,21+,23?,25?/m0/s1. The van der Waals surface area contributed by atoms with Crippen molar-refractivity contribution >= 4 is 0 Å². The van der Waals surface area contributed by atoms with Gasteiger partial charge in [0.25, 0.3) is 5.92 Å². The highest BCUT2D eigenvalue weighted by Crippen LogP contribution is 2.49. The van der Waals surface area contributed by atoms with E-state index in [9.17, 15) is 4.39 Å². The van der Waals surface area contributed by atoms with Crippen LogP contribution in [0.1, 0.15) is 45.0 Å². The summed E-state index contributed by atoms with van der Waals surface area (Å²) in [4.78, 5) is 4.35.